The predicted octanol–water partition coefficient (Wildman–Crippen LogP) is 3.31. The summed E-state index contributed by atoms with van der Waals surface area (Å²) in [6.07, 6.45) is 5.16. The van der Waals surface area contributed by atoms with Crippen LogP contribution < -0.4 is 0 Å². The van der Waals surface area contributed by atoms with Crippen molar-refractivity contribution in [3.8, 4) is 0 Å². The number of hydrogen-bond donors (Lipinski definition) is 0. The van der Waals surface area contributed by atoms with E-state index in [2.05, 4.69) is 42.2 Å². The van der Waals surface area contributed by atoms with Gasteiger partial charge in [-0.1, -0.05) is 29.8 Å². The molecule has 2 nitrogen and oxygen atoms in total. The molecule has 1 unspecified atom stereocenters. The first-order valence-electron chi connectivity index (χ1n) is 7.02. The Labute approximate surface area is 116 Å². The number of aryl methyl sites for hydroxylation is 1. The van der Waals surface area contributed by atoms with Crippen LogP contribution in [-0.4, -0.2) is 31.3 Å². The molecule has 1 aromatic rings. The third-order valence-electron chi connectivity index (χ3n) is 3.69. The van der Waals surface area contributed by atoms with Crippen LogP contribution in [0.3, 0.4) is 0 Å². The number of carbonyl (C=O) groups is 1. The Hall–Kier alpha value is -1.41. The first-order valence-corrected chi connectivity index (χ1v) is 7.02. The molecule has 2 rings (SSSR count). The summed E-state index contributed by atoms with van der Waals surface area (Å²) in [4.78, 5) is 14.5. The van der Waals surface area contributed by atoms with Gasteiger partial charge >= 0.3 is 0 Å². The fourth-order valence-electron chi connectivity index (χ4n) is 2.68. The molecule has 0 spiro atoms. The lowest BCUT2D eigenvalue weighted by Gasteiger charge is -2.25. The van der Waals surface area contributed by atoms with E-state index in [1.165, 1.54) is 5.56 Å². The van der Waals surface area contributed by atoms with Crippen LogP contribution in [0.1, 0.15) is 30.4 Å². The molecule has 1 aliphatic rings. The van der Waals surface area contributed by atoms with E-state index in [9.17, 15) is 4.79 Å². The van der Waals surface area contributed by atoms with E-state index in [1.54, 1.807) is 0 Å². The molecule has 1 fully saturated rings. The molecular weight excluding hydrogens is 234 g/mol. The Morgan fingerprint density at radius 3 is 2.58 bits per heavy atom. The molecule has 1 saturated carbocycles. The number of benzene rings is 1. The summed E-state index contributed by atoms with van der Waals surface area (Å²) < 4.78 is 0. The maximum absolute atomic E-state index is 12.4. The van der Waals surface area contributed by atoms with Crippen molar-refractivity contribution in [2.75, 3.05) is 20.6 Å². The Morgan fingerprint density at radius 2 is 1.95 bits per heavy atom. The van der Waals surface area contributed by atoms with Gasteiger partial charge in [-0.2, -0.15) is 0 Å². The summed E-state index contributed by atoms with van der Waals surface area (Å²) in [5.74, 6) is 0.529. The highest BCUT2D eigenvalue weighted by Gasteiger charge is 2.26. The Bertz CT molecular complexity index is 471. The van der Waals surface area contributed by atoms with Crippen LogP contribution in [-0.2, 0) is 4.79 Å². The second-order valence-electron chi connectivity index (χ2n) is 5.80. The van der Waals surface area contributed by atoms with Gasteiger partial charge in [0.15, 0.2) is 5.78 Å². The smallest absolute Gasteiger partial charge is 0.163 e. The topological polar surface area (TPSA) is 20.3 Å². The summed E-state index contributed by atoms with van der Waals surface area (Å²) in [5, 5.41) is 0. The molecule has 0 radical (unpaired) electrons. The lowest BCUT2D eigenvalue weighted by Crippen LogP contribution is -2.31. The molecule has 2 heteroatoms. The molecule has 0 saturated heterocycles. The Kier molecular flexibility index (Phi) is 4.54. The molecule has 1 aromatic carbocycles. The molecule has 0 aliphatic heterocycles. The van der Waals surface area contributed by atoms with Crippen molar-refractivity contribution < 1.29 is 4.79 Å². The summed E-state index contributed by atoms with van der Waals surface area (Å²) >= 11 is 0. The van der Waals surface area contributed by atoms with E-state index in [4.69, 9.17) is 0 Å². The third-order valence-corrected chi connectivity index (χ3v) is 3.69. The van der Waals surface area contributed by atoms with Crippen LogP contribution in [0.4, 0.5) is 0 Å². The van der Waals surface area contributed by atoms with E-state index in [0.717, 1.165) is 36.9 Å². The highest BCUT2D eigenvalue weighted by Crippen LogP contribution is 2.27. The average molecular weight is 257 g/mol. The number of allylic oxidation sites excluding steroid dienone is 1. The van der Waals surface area contributed by atoms with Gasteiger partial charge in [0, 0.05) is 12.5 Å². The third kappa shape index (κ3) is 3.77. The van der Waals surface area contributed by atoms with Gasteiger partial charge in [-0.15, -0.1) is 0 Å². The van der Waals surface area contributed by atoms with Gasteiger partial charge in [-0.25, -0.2) is 0 Å². The van der Waals surface area contributed by atoms with E-state index in [1.807, 2.05) is 14.1 Å². The van der Waals surface area contributed by atoms with Crippen molar-refractivity contribution in [1.82, 2.24) is 4.90 Å². The number of nitrogens with zero attached hydrogens (tertiary/aromatic N) is 1. The fraction of sp³-hybridized carbons (Fsp3) is 0.471. The van der Waals surface area contributed by atoms with E-state index in [0.29, 0.717) is 5.78 Å². The minimum Gasteiger partial charge on any atom is -0.309 e. The fourth-order valence-corrected chi connectivity index (χ4v) is 2.68. The van der Waals surface area contributed by atoms with Crippen LogP contribution in [0.15, 0.2) is 29.8 Å². The van der Waals surface area contributed by atoms with Crippen molar-refractivity contribution >= 4 is 11.9 Å². The van der Waals surface area contributed by atoms with Gasteiger partial charge in [0.05, 0.1) is 0 Å². The first kappa shape index (κ1) is 14.0. The van der Waals surface area contributed by atoms with Gasteiger partial charge in [-0.3, -0.25) is 4.79 Å². The van der Waals surface area contributed by atoms with Crippen molar-refractivity contribution in [1.29, 1.82) is 0 Å². The van der Waals surface area contributed by atoms with E-state index < -0.39 is 0 Å². The monoisotopic (exact) mass is 257 g/mol. The van der Waals surface area contributed by atoms with Gasteiger partial charge in [0.2, 0.25) is 0 Å². The molecule has 0 amide bonds. The molecule has 0 heterocycles. The molecule has 0 N–H and O–H groups in total. The molecule has 1 atom stereocenters. The maximum Gasteiger partial charge on any atom is 0.163 e. The molecule has 102 valence electrons. The predicted molar refractivity (Wildman–Crippen MR) is 80.1 cm³/mol. The zero-order valence-corrected chi connectivity index (χ0v) is 12.1. The number of hydrogen-bond acceptors (Lipinski definition) is 2. The van der Waals surface area contributed by atoms with E-state index >= 15 is 0 Å². The number of carbonyl (C=O) groups excluding carboxylic acids is 1. The number of Topliss-reactive ketones (excluding diaryl/α,β-unsaturated/α-hetero) is 1. The van der Waals surface area contributed by atoms with Crippen molar-refractivity contribution in [2.45, 2.75) is 26.2 Å². The summed E-state index contributed by atoms with van der Waals surface area (Å²) in [7, 11) is 4.07. The normalized spacial score (nSPS) is 22.2. The molecular formula is C17H23NO. The molecule has 0 bridgehead atoms. The SMILES string of the molecule is Cc1ccc(/C=C2/CCCC(CN(C)C)C2=O)cc1. The second-order valence-corrected chi connectivity index (χ2v) is 5.80. The number of ketones is 1. The highest BCUT2D eigenvalue weighted by atomic mass is 16.1. The van der Waals surface area contributed by atoms with Crippen LogP contribution in [0.2, 0.25) is 0 Å². The number of rotatable bonds is 3. The van der Waals surface area contributed by atoms with Crippen molar-refractivity contribution in [3.63, 3.8) is 0 Å². The van der Waals surface area contributed by atoms with Crippen LogP contribution in [0, 0.1) is 12.8 Å². The van der Waals surface area contributed by atoms with Crippen molar-refractivity contribution in [2.24, 2.45) is 5.92 Å². The minimum absolute atomic E-state index is 0.181. The van der Waals surface area contributed by atoms with Gasteiger partial charge in [-0.05, 0) is 57.5 Å². The summed E-state index contributed by atoms with van der Waals surface area (Å²) in [5.41, 5.74) is 3.39. The molecule has 19 heavy (non-hydrogen) atoms. The van der Waals surface area contributed by atoms with Gasteiger partial charge in [0.1, 0.15) is 0 Å². The Balaban J connectivity index is 2.14. The zero-order chi connectivity index (χ0) is 13.8. The lowest BCUT2D eigenvalue weighted by molar-refractivity contribution is -0.120. The average Bonchev–Trinajstić information content (AvgIpc) is 2.36. The standard InChI is InChI=1S/C17H23NO/c1-13-7-9-14(10-8-13)11-15-5-4-6-16(17(15)19)12-18(2)3/h7-11,16H,4-6,12H2,1-3H3/b15-11-. The summed E-state index contributed by atoms with van der Waals surface area (Å²) in [6.45, 7) is 2.94. The Morgan fingerprint density at radius 1 is 1.26 bits per heavy atom. The van der Waals surface area contributed by atoms with Crippen molar-refractivity contribution in [3.05, 3.63) is 41.0 Å². The first-order chi connectivity index (χ1) is 9.06. The highest BCUT2D eigenvalue weighted by molar-refractivity contribution is 6.01. The zero-order valence-electron chi connectivity index (χ0n) is 12.1. The molecule has 1 aliphatic carbocycles. The second kappa shape index (κ2) is 6.16. The minimum atomic E-state index is 0.181. The van der Waals surface area contributed by atoms with Crippen LogP contribution in [0.5, 0.6) is 0 Å². The van der Waals surface area contributed by atoms with Crippen LogP contribution in [0.25, 0.3) is 6.08 Å². The lowest BCUT2D eigenvalue weighted by atomic mass is 9.83. The van der Waals surface area contributed by atoms with Gasteiger partial charge < -0.3 is 4.90 Å². The maximum atomic E-state index is 12.4. The summed E-state index contributed by atoms with van der Waals surface area (Å²) in [6, 6.07) is 8.37. The quantitative estimate of drug-likeness (QED) is 0.774. The molecule has 0 aromatic heterocycles. The van der Waals surface area contributed by atoms with Gasteiger partial charge in [0.25, 0.3) is 0 Å². The van der Waals surface area contributed by atoms with Crippen LogP contribution >= 0.6 is 0 Å². The van der Waals surface area contributed by atoms with E-state index in [-0.39, 0.29) is 5.92 Å². The largest absolute Gasteiger partial charge is 0.309 e.